The number of amidine groups is 1. The molecule has 0 fully saturated rings. The minimum atomic E-state index is -0.708. The molecule has 1 unspecified atom stereocenters. The molecule has 0 aliphatic carbocycles. The number of nitrogens with zero attached hydrogens (tertiary/aromatic N) is 2. The molecule has 8 nitrogen and oxygen atoms in total. The van der Waals surface area contributed by atoms with E-state index in [2.05, 4.69) is 17.1 Å². The van der Waals surface area contributed by atoms with Crippen molar-refractivity contribution in [1.29, 1.82) is 0 Å². The van der Waals surface area contributed by atoms with E-state index >= 15 is 0 Å². The zero-order valence-electron chi connectivity index (χ0n) is 16.2. The van der Waals surface area contributed by atoms with Crippen LogP contribution in [0.15, 0.2) is 39.9 Å². The summed E-state index contributed by atoms with van der Waals surface area (Å²) in [6.07, 6.45) is 2.35. The first-order valence-corrected chi connectivity index (χ1v) is 9.87. The highest BCUT2D eigenvalue weighted by Gasteiger charge is 2.33. The van der Waals surface area contributed by atoms with Gasteiger partial charge in [-0.3, -0.25) is 4.99 Å². The second-order valence-electron chi connectivity index (χ2n) is 6.01. The van der Waals surface area contributed by atoms with E-state index in [-0.39, 0.29) is 24.3 Å². The van der Waals surface area contributed by atoms with Gasteiger partial charge in [0, 0.05) is 23.3 Å². The Labute approximate surface area is 168 Å². The minimum absolute atomic E-state index is 0. The van der Waals surface area contributed by atoms with Gasteiger partial charge in [0.2, 0.25) is 0 Å². The Morgan fingerprint density at radius 2 is 1.93 bits per heavy atom. The Kier molecular flexibility index (Phi) is 7.47. The van der Waals surface area contributed by atoms with Crippen molar-refractivity contribution in [3.63, 3.8) is 0 Å². The van der Waals surface area contributed by atoms with Crippen molar-refractivity contribution < 1.29 is 24.5 Å². The molecular weight excluding hydrogens is 382 g/mol. The Balaban J connectivity index is 0.00000280. The third-order valence-electron chi connectivity index (χ3n) is 4.21. The number of carbonyl (C=O) groups is 2. The first kappa shape index (κ1) is 21.8. The van der Waals surface area contributed by atoms with Crippen LogP contribution >= 0.6 is 11.8 Å². The molecule has 2 heterocycles. The van der Waals surface area contributed by atoms with Gasteiger partial charge < -0.3 is 25.2 Å². The van der Waals surface area contributed by atoms with Gasteiger partial charge in [-0.25, -0.2) is 9.59 Å². The van der Waals surface area contributed by atoms with Crippen LogP contribution < -0.4 is 10.2 Å². The smallest absolute Gasteiger partial charge is 0.347 e. The predicted octanol–water partition coefficient (Wildman–Crippen LogP) is 2.34. The van der Waals surface area contributed by atoms with Gasteiger partial charge in [0.15, 0.2) is 10.7 Å². The molecule has 0 radical (unpaired) electrons. The van der Waals surface area contributed by atoms with Crippen molar-refractivity contribution in [1.82, 2.24) is 0 Å². The van der Waals surface area contributed by atoms with Gasteiger partial charge >= 0.3 is 11.9 Å². The van der Waals surface area contributed by atoms with Crippen LogP contribution in [0.4, 0.5) is 11.4 Å². The average Bonchev–Trinajstić information content (AvgIpc) is 3.20. The second-order valence-corrected chi connectivity index (χ2v) is 7.02. The summed E-state index contributed by atoms with van der Waals surface area (Å²) >= 11 is 1.67. The highest BCUT2D eigenvalue weighted by atomic mass is 32.2. The fourth-order valence-electron chi connectivity index (χ4n) is 2.84. The largest absolute Gasteiger partial charge is 0.462 e. The zero-order chi connectivity index (χ0) is 19.4. The quantitative estimate of drug-likeness (QED) is 0.319. The van der Waals surface area contributed by atoms with E-state index in [0.717, 1.165) is 34.4 Å². The summed E-state index contributed by atoms with van der Waals surface area (Å²) < 4.78 is 9.88. The van der Waals surface area contributed by atoms with Crippen molar-refractivity contribution in [2.45, 2.75) is 38.1 Å². The molecule has 1 aromatic carbocycles. The maximum absolute atomic E-state index is 12.0. The van der Waals surface area contributed by atoms with Crippen LogP contribution in [-0.2, 0) is 19.1 Å². The fourth-order valence-corrected chi connectivity index (χ4v) is 3.93. The van der Waals surface area contributed by atoms with Crippen LogP contribution in [0.1, 0.15) is 27.2 Å². The van der Waals surface area contributed by atoms with E-state index in [1.165, 1.54) is 6.20 Å². The topological polar surface area (TPSA) is 112 Å². The van der Waals surface area contributed by atoms with E-state index in [9.17, 15) is 9.59 Å². The highest BCUT2D eigenvalue weighted by molar-refractivity contribution is 8.14. The number of nitrogens with one attached hydrogen (secondary N) is 1. The molecule has 0 saturated heterocycles. The van der Waals surface area contributed by atoms with Gasteiger partial charge in [0.05, 0.1) is 24.9 Å². The predicted molar refractivity (Wildman–Crippen MR) is 110 cm³/mol. The van der Waals surface area contributed by atoms with Gasteiger partial charge in [0.1, 0.15) is 0 Å². The van der Waals surface area contributed by atoms with E-state index in [1.807, 2.05) is 18.2 Å². The number of ether oxygens (including phenoxy) is 2. The molecular formula is C19H25N3O5S. The standard InChI is InChI=1S/C19H23N3O4S.H2O/c1-4-12-11-22-15-9-13(7-8-16(15)27-19(22)21-12)20-10-14(17(23)25-5-2)18(24)26-6-3;/h7-10,12,20H,4-6,11H2,1-3H3;1H2. The van der Waals surface area contributed by atoms with Crippen LogP contribution in [-0.4, -0.2) is 48.4 Å². The Hall–Kier alpha value is -2.52. The normalized spacial score (nSPS) is 16.3. The van der Waals surface area contributed by atoms with Crippen LogP contribution in [0, 0.1) is 0 Å². The molecule has 0 bridgehead atoms. The van der Waals surface area contributed by atoms with Gasteiger partial charge in [-0.2, -0.15) is 0 Å². The molecule has 0 amide bonds. The number of hydrogen-bond acceptors (Lipinski definition) is 8. The summed E-state index contributed by atoms with van der Waals surface area (Å²) in [5, 5.41) is 4.05. The Bertz CT molecular complexity index is 789. The molecule has 9 heteroatoms. The molecule has 0 spiro atoms. The first-order valence-electron chi connectivity index (χ1n) is 9.05. The van der Waals surface area contributed by atoms with E-state index in [4.69, 9.17) is 14.5 Å². The van der Waals surface area contributed by atoms with Crippen LogP contribution in [0.5, 0.6) is 0 Å². The van der Waals surface area contributed by atoms with Crippen molar-refractivity contribution in [3.05, 3.63) is 30.0 Å². The number of rotatable bonds is 7. The summed E-state index contributed by atoms with van der Waals surface area (Å²) in [6, 6.07) is 6.23. The van der Waals surface area contributed by atoms with E-state index in [0.29, 0.717) is 6.04 Å². The van der Waals surface area contributed by atoms with Crippen molar-refractivity contribution in [3.8, 4) is 0 Å². The lowest BCUT2D eigenvalue weighted by molar-refractivity contribution is -0.146. The number of fused-ring (bicyclic) bond motifs is 3. The molecule has 2 aliphatic rings. The third kappa shape index (κ3) is 4.48. The number of esters is 2. The number of benzene rings is 1. The molecule has 3 N–H and O–H groups in total. The van der Waals surface area contributed by atoms with Crippen LogP contribution in [0.2, 0.25) is 0 Å². The number of hydrogen-bond donors (Lipinski definition) is 1. The lowest BCUT2D eigenvalue weighted by Crippen LogP contribution is -2.24. The summed E-state index contributed by atoms with van der Waals surface area (Å²) in [5.41, 5.74) is 1.69. The van der Waals surface area contributed by atoms with E-state index < -0.39 is 11.9 Å². The third-order valence-corrected chi connectivity index (χ3v) is 5.29. The lowest BCUT2D eigenvalue weighted by Gasteiger charge is -2.15. The van der Waals surface area contributed by atoms with Gasteiger partial charge in [0.25, 0.3) is 0 Å². The maximum Gasteiger partial charge on any atom is 0.347 e. The van der Waals surface area contributed by atoms with Crippen LogP contribution in [0.25, 0.3) is 0 Å². The maximum atomic E-state index is 12.0. The number of thioether (sulfide) groups is 1. The number of aliphatic imine (C=N–C) groups is 1. The van der Waals surface area contributed by atoms with Gasteiger partial charge in [-0.05, 0) is 50.2 Å². The molecule has 152 valence electrons. The SMILES string of the molecule is CCOC(=O)C(=CNc1ccc2c(c1)N1CC(CC)N=C1S2)C(=O)OCC.O. The lowest BCUT2D eigenvalue weighted by atomic mass is 10.2. The van der Waals surface area contributed by atoms with Gasteiger partial charge in [-0.15, -0.1) is 0 Å². The minimum Gasteiger partial charge on any atom is -0.462 e. The van der Waals surface area contributed by atoms with Crippen molar-refractivity contribution >= 4 is 40.2 Å². The summed E-state index contributed by atoms with van der Waals surface area (Å²) in [5.74, 6) is -1.42. The molecule has 1 atom stereocenters. The van der Waals surface area contributed by atoms with E-state index in [1.54, 1.807) is 25.6 Å². The first-order chi connectivity index (χ1) is 13.1. The van der Waals surface area contributed by atoms with Crippen LogP contribution in [0.3, 0.4) is 0 Å². The molecule has 1 aromatic rings. The molecule has 3 rings (SSSR count). The van der Waals surface area contributed by atoms with Gasteiger partial charge in [-0.1, -0.05) is 6.92 Å². The molecule has 28 heavy (non-hydrogen) atoms. The zero-order valence-corrected chi connectivity index (χ0v) is 17.0. The average molecular weight is 407 g/mol. The summed E-state index contributed by atoms with van der Waals surface area (Å²) in [6.45, 7) is 6.75. The second kappa shape index (κ2) is 9.61. The molecule has 0 saturated carbocycles. The summed E-state index contributed by atoms with van der Waals surface area (Å²) in [7, 11) is 0. The fraction of sp³-hybridized carbons (Fsp3) is 0.421. The monoisotopic (exact) mass is 407 g/mol. The highest BCUT2D eigenvalue weighted by Crippen LogP contribution is 2.44. The Morgan fingerprint density at radius 3 is 2.54 bits per heavy atom. The Morgan fingerprint density at radius 1 is 1.25 bits per heavy atom. The van der Waals surface area contributed by atoms with Crippen molar-refractivity contribution in [2.24, 2.45) is 4.99 Å². The molecule has 2 aliphatic heterocycles. The molecule has 0 aromatic heterocycles. The number of carbonyl (C=O) groups excluding carboxylic acids is 2. The summed E-state index contributed by atoms with van der Waals surface area (Å²) in [4.78, 5) is 32.1. The number of anilines is 2. The van der Waals surface area contributed by atoms with Crippen molar-refractivity contribution in [2.75, 3.05) is 30.0 Å².